The highest BCUT2D eigenvalue weighted by molar-refractivity contribution is 5.87. The summed E-state index contributed by atoms with van der Waals surface area (Å²) in [7, 11) is 2.24. The fraction of sp³-hybridized carbons (Fsp3) is 0.440. The van der Waals surface area contributed by atoms with Gasteiger partial charge >= 0.3 is 35.8 Å². The Balaban J connectivity index is 2.63. The molecule has 0 radical (unpaired) electrons. The van der Waals surface area contributed by atoms with Gasteiger partial charge < -0.3 is 37.9 Å². The first-order chi connectivity index (χ1) is 18.4. The third-order valence-electron chi connectivity index (χ3n) is 4.91. The van der Waals surface area contributed by atoms with Crippen LogP contribution in [-0.2, 0) is 57.2 Å². The van der Waals surface area contributed by atoms with Crippen molar-refractivity contribution in [1.29, 1.82) is 0 Å². The molecule has 0 amide bonds. The molecule has 14 nitrogen and oxygen atoms in total. The minimum absolute atomic E-state index is 0.108. The van der Waals surface area contributed by atoms with E-state index in [4.69, 9.17) is 33.2 Å². The number of hydrogen-bond acceptors (Lipinski definition) is 14. The lowest BCUT2D eigenvalue weighted by Gasteiger charge is -2.43. The van der Waals surface area contributed by atoms with Crippen molar-refractivity contribution in [3.8, 4) is 11.5 Å². The van der Waals surface area contributed by atoms with Gasteiger partial charge in [0, 0.05) is 33.8 Å². The normalized spacial score (nSPS) is 22.3. The van der Waals surface area contributed by atoms with E-state index in [1.807, 2.05) is 0 Å². The number of carbonyl (C=O) groups is 6. The van der Waals surface area contributed by atoms with Crippen LogP contribution < -0.4 is 9.47 Å². The summed E-state index contributed by atoms with van der Waals surface area (Å²) >= 11 is 0. The summed E-state index contributed by atoms with van der Waals surface area (Å²) in [5.74, 6) is -5.23. The van der Waals surface area contributed by atoms with E-state index >= 15 is 0 Å². The molecule has 0 spiro atoms. The summed E-state index contributed by atoms with van der Waals surface area (Å²) in [6.07, 6.45) is -5.66. The first kappa shape index (κ1) is 30.8. The highest BCUT2D eigenvalue weighted by Gasteiger charge is 2.56. The lowest BCUT2D eigenvalue weighted by Crippen LogP contribution is -2.64. The summed E-state index contributed by atoms with van der Waals surface area (Å²) in [5, 5.41) is 0. The molecule has 1 saturated heterocycles. The molecule has 1 aliphatic heterocycles. The van der Waals surface area contributed by atoms with E-state index in [1.54, 1.807) is 0 Å². The molecule has 1 aromatic rings. The van der Waals surface area contributed by atoms with Gasteiger partial charge in [-0.1, -0.05) is 6.07 Å². The molecular formula is C25H28O14. The number of esters is 6. The van der Waals surface area contributed by atoms with Crippen LogP contribution in [0.2, 0.25) is 0 Å². The van der Waals surface area contributed by atoms with E-state index in [0.717, 1.165) is 40.9 Å². The molecule has 2 rings (SSSR count). The molecule has 1 aromatic carbocycles. The number of ether oxygens (including phenoxy) is 8. The highest BCUT2D eigenvalue weighted by Crippen LogP contribution is 2.35. The zero-order chi connectivity index (χ0) is 29.3. The molecule has 1 heterocycles. The Labute approximate surface area is 223 Å². The third-order valence-corrected chi connectivity index (χ3v) is 4.91. The Morgan fingerprint density at radius 2 is 1.33 bits per heavy atom. The number of carbonyl (C=O) groups excluding carboxylic acids is 6. The maximum absolute atomic E-state index is 12.6. The van der Waals surface area contributed by atoms with Crippen LogP contribution in [-0.4, -0.2) is 80.7 Å². The number of methoxy groups -OCH3 is 2. The minimum atomic E-state index is -1.69. The van der Waals surface area contributed by atoms with E-state index in [1.165, 1.54) is 31.4 Å². The highest BCUT2D eigenvalue weighted by atomic mass is 16.7. The Morgan fingerprint density at radius 1 is 0.744 bits per heavy atom. The maximum Gasteiger partial charge on any atom is 0.339 e. The van der Waals surface area contributed by atoms with Gasteiger partial charge in [-0.25, -0.2) is 9.59 Å². The van der Waals surface area contributed by atoms with Crippen LogP contribution in [0.5, 0.6) is 11.5 Å². The van der Waals surface area contributed by atoms with Gasteiger partial charge in [-0.15, -0.1) is 0 Å². The summed E-state index contributed by atoms with van der Waals surface area (Å²) in [4.78, 5) is 71.6. The molecule has 1 aliphatic rings. The standard InChI is InChI=1S/C25H28O14/c1-12(26)34-17-9-7-16(8-10-19(30)32-5)11-18(17)38-25-23(37-15(4)29)21(36-14(3)28)20(35-13(2)27)22(39-25)24(31)33-6/h7-11,20-23,25H,1-6H3/b10-8+. The van der Waals surface area contributed by atoms with Crippen molar-refractivity contribution in [2.75, 3.05) is 14.2 Å². The Bertz CT molecular complexity index is 1140. The largest absolute Gasteiger partial charge is 0.467 e. The van der Waals surface area contributed by atoms with Crippen LogP contribution >= 0.6 is 0 Å². The van der Waals surface area contributed by atoms with Crippen LogP contribution in [0.3, 0.4) is 0 Å². The second-order valence-corrected chi connectivity index (χ2v) is 7.94. The summed E-state index contributed by atoms with van der Waals surface area (Å²) < 4.78 is 41.9. The van der Waals surface area contributed by atoms with Gasteiger partial charge in [0.25, 0.3) is 0 Å². The second kappa shape index (κ2) is 13.9. The topological polar surface area (TPSA) is 176 Å². The maximum atomic E-state index is 12.6. The van der Waals surface area contributed by atoms with Crippen molar-refractivity contribution in [3.63, 3.8) is 0 Å². The van der Waals surface area contributed by atoms with E-state index in [9.17, 15) is 28.8 Å². The van der Waals surface area contributed by atoms with Crippen molar-refractivity contribution in [2.45, 2.75) is 58.4 Å². The molecule has 0 bridgehead atoms. The lowest BCUT2D eigenvalue weighted by molar-refractivity contribution is -0.282. The number of rotatable bonds is 9. The van der Waals surface area contributed by atoms with Crippen LogP contribution in [0.25, 0.3) is 6.08 Å². The Morgan fingerprint density at radius 3 is 1.87 bits per heavy atom. The first-order valence-electron chi connectivity index (χ1n) is 11.4. The first-order valence-corrected chi connectivity index (χ1v) is 11.4. The fourth-order valence-electron chi connectivity index (χ4n) is 3.49. The van der Waals surface area contributed by atoms with Crippen LogP contribution in [0.1, 0.15) is 33.3 Å². The molecule has 5 unspecified atom stereocenters. The molecule has 5 atom stereocenters. The summed E-state index contributed by atoms with van der Waals surface area (Å²) in [6.45, 7) is 4.28. The molecule has 1 fully saturated rings. The van der Waals surface area contributed by atoms with Crippen molar-refractivity contribution in [3.05, 3.63) is 29.8 Å². The van der Waals surface area contributed by atoms with Gasteiger partial charge in [0.15, 0.2) is 29.8 Å². The minimum Gasteiger partial charge on any atom is -0.467 e. The molecule has 212 valence electrons. The molecular weight excluding hydrogens is 524 g/mol. The van der Waals surface area contributed by atoms with Crippen molar-refractivity contribution >= 4 is 41.9 Å². The second-order valence-electron chi connectivity index (χ2n) is 7.94. The van der Waals surface area contributed by atoms with E-state index in [0.29, 0.717) is 5.56 Å². The van der Waals surface area contributed by atoms with Crippen molar-refractivity contribution < 1.29 is 66.7 Å². The van der Waals surface area contributed by atoms with Crippen LogP contribution in [0, 0.1) is 0 Å². The van der Waals surface area contributed by atoms with Crippen molar-refractivity contribution in [2.24, 2.45) is 0 Å². The van der Waals surface area contributed by atoms with E-state index in [-0.39, 0.29) is 11.5 Å². The van der Waals surface area contributed by atoms with Gasteiger partial charge in [0.1, 0.15) is 0 Å². The molecule has 0 N–H and O–H groups in total. The fourth-order valence-corrected chi connectivity index (χ4v) is 3.49. The smallest absolute Gasteiger partial charge is 0.339 e. The van der Waals surface area contributed by atoms with Crippen molar-refractivity contribution in [1.82, 2.24) is 0 Å². The van der Waals surface area contributed by atoms with E-state index in [2.05, 4.69) is 4.74 Å². The average molecular weight is 552 g/mol. The molecule has 14 heteroatoms. The average Bonchev–Trinajstić information content (AvgIpc) is 2.85. The monoisotopic (exact) mass is 552 g/mol. The molecule has 0 aliphatic carbocycles. The van der Waals surface area contributed by atoms with E-state index < -0.39 is 66.5 Å². The van der Waals surface area contributed by atoms with Gasteiger partial charge in [0.2, 0.25) is 12.4 Å². The van der Waals surface area contributed by atoms with Gasteiger partial charge in [-0.2, -0.15) is 0 Å². The Kier molecular flexibility index (Phi) is 11.0. The lowest BCUT2D eigenvalue weighted by atomic mass is 9.97. The quantitative estimate of drug-likeness (QED) is 0.182. The Hall–Kier alpha value is -4.46. The van der Waals surface area contributed by atoms with Crippen LogP contribution in [0.4, 0.5) is 0 Å². The SMILES string of the molecule is COC(=O)/C=C/c1ccc(OC(C)=O)c(OC2OC(C(=O)OC)C(OC(C)=O)C(OC(C)=O)C2OC(C)=O)c1. The molecule has 39 heavy (non-hydrogen) atoms. The third kappa shape index (κ3) is 8.81. The number of benzene rings is 1. The zero-order valence-corrected chi connectivity index (χ0v) is 22.0. The predicted molar refractivity (Wildman–Crippen MR) is 127 cm³/mol. The molecule has 0 aromatic heterocycles. The number of hydrogen-bond donors (Lipinski definition) is 0. The predicted octanol–water partition coefficient (Wildman–Crippen LogP) is 0.870. The van der Waals surface area contributed by atoms with Gasteiger partial charge in [0.05, 0.1) is 14.2 Å². The van der Waals surface area contributed by atoms with Gasteiger partial charge in [-0.3, -0.25) is 19.2 Å². The summed E-state index contributed by atoms with van der Waals surface area (Å²) in [5.41, 5.74) is 0.380. The molecule has 0 saturated carbocycles. The van der Waals surface area contributed by atoms with Crippen LogP contribution in [0.15, 0.2) is 24.3 Å². The summed E-state index contributed by atoms with van der Waals surface area (Å²) in [6, 6.07) is 4.18. The zero-order valence-electron chi connectivity index (χ0n) is 22.0. The van der Waals surface area contributed by atoms with Gasteiger partial charge in [-0.05, 0) is 23.8 Å².